The lowest BCUT2D eigenvalue weighted by Gasteiger charge is -1.97. The van der Waals surface area contributed by atoms with E-state index in [0.717, 1.165) is 0 Å². The van der Waals surface area contributed by atoms with Crippen molar-refractivity contribution in [3.05, 3.63) is 35.4 Å². The number of carbonyl (C=O) groups excluding carboxylic acids is 1. The van der Waals surface area contributed by atoms with E-state index in [1.807, 2.05) is 0 Å². The Morgan fingerprint density at radius 1 is 1.47 bits per heavy atom. The normalized spacial score (nSPS) is 10.5. The van der Waals surface area contributed by atoms with E-state index in [9.17, 15) is 4.79 Å². The number of nitrogens with one attached hydrogen (secondary N) is 1. The molecule has 0 heterocycles. The van der Waals surface area contributed by atoms with Crippen LogP contribution in [0.4, 0.5) is 0 Å². The first kappa shape index (κ1) is 10.8. The van der Waals surface area contributed by atoms with Crippen LogP contribution in [0.1, 0.15) is 5.56 Å². The summed E-state index contributed by atoms with van der Waals surface area (Å²) in [4.78, 5) is 11.2. The van der Waals surface area contributed by atoms with Crippen molar-refractivity contribution in [3.8, 4) is 11.8 Å². The number of nitriles is 1. The minimum Gasteiger partial charge on any atom is -0.508 e. The van der Waals surface area contributed by atoms with Crippen molar-refractivity contribution in [2.75, 3.05) is 7.05 Å². The Labute approximate surface area is 87.5 Å². The van der Waals surface area contributed by atoms with Crippen LogP contribution >= 0.6 is 0 Å². The standard InChI is InChI=1S/C11H10N2O2/c1-13-11(15)9(7-12)6-8-2-4-10(14)5-3-8/h2-6,14H,1H3,(H,13,15)/b9-6+. The number of benzene rings is 1. The first-order valence-electron chi connectivity index (χ1n) is 4.30. The van der Waals surface area contributed by atoms with Crippen LogP contribution in [-0.2, 0) is 4.79 Å². The number of hydrogen-bond donors (Lipinski definition) is 2. The Kier molecular flexibility index (Phi) is 3.47. The van der Waals surface area contributed by atoms with Gasteiger partial charge in [-0.05, 0) is 23.8 Å². The van der Waals surface area contributed by atoms with Crippen LogP contribution in [0.2, 0.25) is 0 Å². The van der Waals surface area contributed by atoms with E-state index in [1.54, 1.807) is 18.2 Å². The summed E-state index contributed by atoms with van der Waals surface area (Å²) in [5.74, 6) is -0.281. The average molecular weight is 202 g/mol. The zero-order valence-corrected chi connectivity index (χ0v) is 8.19. The second-order valence-electron chi connectivity index (χ2n) is 2.84. The average Bonchev–Trinajstić information content (AvgIpc) is 2.27. The van der Waals surface area contributed by atoms with Crippen LogP contribution in [0.25, 0.3) is 6.08 Å². The van der Waals surface area contributed by atoms with Crippen molar-refractivity contribution in [1.29, 1.82) is 5.26 Å². The third-order valence-corrected chi connectivity index (χ3v) is 1.80. The topological polar surface area (TPSA) is 73.1 Å². The summed E-state index contributed by atoms with van der Waals surface area (Å²) in [7, 11) is 1.46. The minimum atomic E-state index is -0.425. The highest BCUT2D eigenvalue weighted by atomic mass is 16.3. The van der Waals surface area contributed by atoms with Crippen LogP contribution < -0.4 is 5.32 Å². The van der Waals surface area contributed by atoms with Gasteiger partial charge in [0.25, 0.3) is 5.91 Å². The van der Waals surface area contributed by atoms with Gasteiger partial charge >= 0.3 is 0 Å². The monoisotopic (exact) mass is 202 g/mol. The molecule has 0 spiro atoms. The van der Waals surface area contributed by atoms with Crippen molar-refractivity contribution in [3.63, 3.8) is 0 Å². The number of likely N-dealkylation sites (N-methyl/N-ethyl adjacent to an activating group) is 1. The first-order chi connectivity index (χ1) is 7.17. The second-order valence-corrected chi connectivity index (χ2v) is 2.84. The Bertz CT molecular complexity index is 427. The van der Waals surface area contributed by atoms with Crippen molar-refractivity contribution in [2.24, 2.45) is 0 Å². The summed E-state index contributed by atoms with van der Waals surface area (Å²) in [6.07, 6.45) is 1.46. The molecule has 1 amide bonds. The third-order valence-electron chi connectivity index (χ3n) is 1.80. The van der Waals surface area contributed by atoms with Gasteiger partial charge in [-0.25, -0.2) is 0 Å². The molecule has 0 bridgehead atoms. The minimum absolute atomic E-state index is 0.0307. The fourth-order valence-electron chi connectivity index (χ4n) is 1.02. The lowest BCUT2D eigenvalue weighted by atomic mass is 10.1. The quantitative estimate of drug-likeness (QED) is 0.556. The van der Waals surface area contributed by atoms with Gasteiger partial charge in [0, 0.05) is 7.05 Å². The van der Waals surface area contributed by atoms with E-state index >= 15 is 0 Å². The molecule has 0 aliphatic rings. The summed E-state index contributed by atoms with van der Waals surface area (Å²) in [5, 5.41) is 20.1. The lowest BCUT2D eigenvalue weighted by Crippen LogP contribution is -2.19. The smallest absolute Gasteiger partial charge is 0.261 e. The molecule has 0 radical (unpaired) electrons. The molecule has 1 rings (SSSR count). The third kappa shape index (κ3) is 2.85. The van der Waals surface area contributed by atoms with E-state index in [4.69, 9.17) is 10.4 Å². The molecular weight excluding hydrogens is 192 g/mol. The number of nitrogens with zero attached hydrogens (tertiary/aromatic N) is 1. The highest BCUT2D eigenvalue weighted by Crippen LogP contribution is 2.12. The Morgan fingerprint density at radius 3 is 2.53 bits per heavy atom. The molecule has 4 heteroatoms. The van der Waals surface area contributed by atoms with E-state index in [2.05, 4.69) is 5.32 Å². The molecule has 15 heavy (non-hydrogen) atoms. The highest BCUT2D eigenvalue weighted by molar-refractivity contribution is 6.01. The molecule has 0 saturated carbocycles. The van der Waals surface area contributed by atoms with Gasteiger partial charge in [0.05, 0.1) is 0 Å². The number of amides is 1. The van der Waals surface area contributed by atoms with Gasteiger partial charge in [-0.1, -0.05) is 12.1 Å². The van der Waals surface area contributed by atoms with Gasteiger partial charge in [0.15, 0.2) is 0 Å². The molecule has 0 saturated heterocycles. The Morgan fingerprint density at radius 2 is 2.07 bits per heavy atom. The van der Waals surface area contributed by atoms with Crippen molar-refractivity contribution < 1.29 is 9.90 Å². The SMILES string of the molecule is CNC(=O)/C(C#N)=C/c1ccc(O)cc1. The summed E-state index contributed by atoms with van der Waals surface area (Å²) >= 11 is 0. The number of aromatic hydroxyl groups is 1. The number of rotatable bonds is 2. The largest absolute Gasteiger partial charge is 0.508 e. The molecule has 0 aliphatic carbocycles. The molecular formula is C11H10N2O2. The maximum absolute atomic E-state index is 11.2. The predicted molar refractivity (Wildman–Crippen MR) is 55.8 cm³/mol. The number of phenols is 1. The van der Waals surface area contributed by atoms with Gasteiger partial charge in [-0.2, -0.15) is 5.26 Å². The molecule has 0 fully saturated rings. The molecule has 0 aromatic heterocycles. The van der Waals surface area contributed by atoms with Gasteiger partial charge in [0.2, 0.25) is 0 Å². The summed E-state index contributed by atoms with van der Waals surface area (Å²) in [6.45, 7) is 0. The Balaban J connectivity index is 3.00. The van der Waals surface area contributed by atoms with E-state index in [0.29, 0.717) is 5.56 Å². The maximum atomic E-state index is 11.2. The zero-order valence-electron chi connectivity index (χ0n) is 8.19. The maximum Gasteiger partial charge on any atom is 0.261 e. The predicted octanol–water partition coefficient (Wildman–Crippen LogP) is 1.05. The number of hydrogen-bond acceptors (Lipinski definition) is 3. The Hall–Kier alpha value is -2.28. The molecule has 0 atom stereocenters. The molecule has 0 aliphatic heterocycles. The van der Waals surface area contributed by atoms with E-state index in [1.165, 1.54) is 25.3 Å². The molecule has 0 unspecified atom stereocenters. The fraction of sp³-hybridized carbons (Fsp3) is 0.0909. The number of phenolic OH excluding ortho intramolecular Hbond substituents is 1. The second kappa shape index (κ2) is 4.82. The highest BCUT2D eigenvalue weighted by Gasteiger charge is 2.05. The summed E-state index contributed by atoms with van der Waals surface area (Å²) < 4.78 is 0. The van der Waals surface area contributed by atoms with Gasteiger partial charge in [-0.15, -0.1) is 0 Å². The molecule has 4 nitrogen and oxygen atoms in total. The fourth-order valence-corrected chi connectivity index (χ4v) is 1.02. The summed E-state index contributed by atoms with van der Waals surface area (Å²) in [5.41, 5.74) is 0.719. The van der Waals surface area contributed by atoms with E-state index < -0.39 is 5.91 Å². The lowest BCUT2D eigenvalue weighted by molar-refractivity contribution is -0.116. The van der Waals surface area contributed by atoms with Crippen molar-refractivity contribution >= 4 is 12.0 Å². The van der Waals surface area contributed by atoms with Gasteiger partial charge < -0.3 is 10.4 Å². The van der Waals surface area contributed by atoms with Crippen LogP contribution in [-0.4, -0.2) is 18.1 Å². The van der Waals surface area contributed by atoms with E-state index in [-0.39, 0.29) is 11.3 Å². The van der Waals surface area contributed by atoms with Gasteiger partial charge in [0.1, 0.15) is 17.4 Å². The van der Waals surface area contributed by atoms with Crippen LogP contribution in [0.5, 0.6) is 5.75 Å². The zero-order chi connectivity index (χ0) is 11.3. The molecule has 1 aromatic carbocycles. The van der Waals surface area contributed by atoms with Crippen LogP contribution in [0, 0.1) is 11.3 Å². The summed E-state index contributed by atoms with van der Waals surface area (Å²) in [6, 6.07) is 8.03. The van der Waals surface area contributed by atoms with Crippen LogP contribution in [0.15, 0.2) is 29.8 Å². The van der Waals surface area contributed by atoms with Crippen LogP contribution in [0.3, 0.4) is 0 Å². The van der Waals surface area contributed by atoms with Gasteiger partial charge in [-0.3, -0.25) is 4.79 Å². The number of carbonyl (C=O) groups is 1. The van der Waals surface area contributed by atoms with Crippen molar-refractivity contribution in [1.82, 2.24) is 5.32 Å². The molecule has 2 N–H and O–H groups in total. The molecule has 76 valence electrons. The first-order valence-corrected chi connectivity index (χ1v) is 4.30. The molecule has 1 aromatic rings. The van der Waals surface area contributed by atoms with Crippen molar-refractivity contribution in [2.45, 2.75) is 0 Å².